The number of rotatable bonds is 8. The molecule has 2 aliphatic rings. The van der Waals surface area contributed by atoms with E-state index in [2.05, 4.69) is 331 Å². The van der Waals surface area contributed by atoms with Crippen LogP contribution in [0.1, 0.15) is 16.7 Å². The van der Waals surface area contributed by atoms with Crippen molar-refractivity contribution in [3.63, 3.8) is 0 Å². The van der Waals surface area contributed by atoms with Crippen molar-refractivity contribution in [3.05, 3.63) is 308 Å². The Morgan fingerprint density at radius 1 is 0.256 bits per heavy atom. The van der Waals surface area contributed by atoms with Gasteiger partial charge >= 0.3 is 0 Å². The van der Waals surface area contributed by atoms with Gasteiger partial charge in [0.05, 0.1) is 44.8 Å². The molecule has 2 aromatic heterocycles. The first-order chi connectivity index (χ1) is 42.5. The lowest BCUT2D eigenvalue weighted by atomic mass is 9.33. The molecule has 0 aliphatic carbocycles. The van der Waals surface area contributed by atoms with E-state index in [9.17, 15) is 0 Å². The second kappa shape index (κ2) is 19.6. The van der Waals surface area contributed by atoms with Crippen LogP contribution in [0.15, 0.2) is 291 Å². The summed E-state index contributed by atoms with van der Waals surface area (Å²) in [6, 6.07) is 108. The molecule has 86 heavy (non-hydrogen) atoms. The molecule has 13 aromatic carbocycles. The highest BCUT2D eigenvalue weighted by Crippen LogP contribution is 2.55. The van der Waals surface area contributed by atoms with Crippen LogP contribution in [0.3, 0.4) is 0 Å². The number of hydrogen-bond donors (Lipinski definition) is 0. The summed E-state index contributed by atoms with van der Waals surface area (Å²) < 4.78 is 5.03. The van der Waals surface area contributed by atoms with Crippen LogP contribution in [0.25, 0.3) is 99.5 Å². The summed E-state index contributed by atoms with van der Waals surface area (Å²) in [6.45, 7) is 6.89. The number of aromatic nitrogens is 2. The molecule has 0 saturated heterocycles. The van der Waals surface area contributed by atoms with Gasteiger partial charge in [0.25, 0.3) is 6.71 Å². The third-order valence-electron chi connectivity index (χ3n) is 18.5. The molecule has 0 atom stereocenters. The van der Waals surface area contributed by atoms with E-state index in [1.54, 1.807) is 0 Å². The van der Waals surface area contributed by atoms with Crippen LogP contribution < -0.4 is 26.2 Å². The molecular formula is C81H57BN4. The molecule has 0 spiro atoms. The maximum absolute atomic E-state index is 2.69. The number of nitrogens with zero attached hydrogens (tertiary/aromatic N) is 4. The summed E-state index contributed by atoms with van der Waals surface area (Å²) in [4.78, 5) is 5.39. The van der Waals surface area contributed by atoms with Gasteiger partial charge in [-0.2, -0.15) is 0 Å². The van der Waals surface area contributed by atoms with Crippen LogP contribution in [0.4, 0.5) is 34.1 Å². The normalized spacial score (nSPS) is 12.5. The number of benzene rings is 13. The highest BCUT2D eigenvalue weighted by molar-refractivity contribution is 7.00. The van der Waals surface area contributed by atoms with Crippen molar-refractivity contribution >= 4 is 101 Å². The van der Waals surface area contributed by atoms with Gasteiger partial charge in [-0.3, -0.25) is 0 Å². The number of aryl methyl sites for hydroxylation is 1. The van der Waals surface area contributed by atoms with Gasteiger partial charge in [0.15, 0.2) is 0 Å². The fraction of sp³-hybridized carbons (Fsp3) is 0.0370. The Kier molecular flexibility index (Phi) is 11.3. The zero-order chi connectivity index (χ0) is 57.1. The topological polar surface area (TPSA) is 16.3 Å². The molecule has 0 N–H and O–H groups in total. The summed E-state index contributed by atoms with van der Waals surface area (Å²) in [6.07, 6.45) is 0. The van der Waals surface area contributed by atoms with E-state index < -0.39 is 0 Å². The van der Waals surface area contributed by atoms with Gasteiger partial charge in [0.1, 0.15) is 0 Å². The van der Waals surface area contributed by atoms with E-state index in [0.717, 1.165) is 67.3 Å². The standard InChI is InChI=1S/C81H57BN4/c1-52-50-75-77-76(51-52)86(81-61(57-30-12-6-13-31-57)40-25-41-62(81)58-32-14-7-15-33-58)79-54(3)70(84-73-44-22-18-36-65(73)66-37-19-23-45-74(66)84)49-47-68(79)82(77)67-46-48-69(83-71-42-20-16-34-63(71)64-35-17-21-43-72(64)83)53(2)78(67)85(75)80-59(55-26-8-4-9-27-55)38-24-39-60(80)56-28-10-5-11-29-56/h4-51H,1-3H3. The van der Waals surface area contributed by atoms with Crippen LogP contribution in [-0.2, 0) is 0 Å². The molecule has 404 valence electrons. The number of para-hydroxylation sites is 6. The monoisotopic (exact) mass is 1100 g/mol. The second-order valence-corrected chi connectivity index (χ2v) is 23.2. The summed E-state index contributed by atoms with van der Waals surface area (Å²) in [5.41, 5.74) is 30.7. The molecule has 0 saturated carbocycles. The number of fused-ring (bicyclic) bond motifs is 10. The lowest BCUT2D eigenvalue weighted by Gasteiger charge is -2.47. The number of hydrogen-bond acceptors (Lipinski definition) is 2. The van der Waals surface area contributed by atoms with E-state index in [4.69, 9.17) is 0 Å². The number of anilines is 6. The highest BCUT2D eigenvalue weighted by atomic mass is 15.2. The lowest BCUT2D eigenvalue weighted by Crippen LogP contribution is -2.62. The Morgan fingerprint density at radius 2 is 0.547 bits per heavy atom. The molecule has 15 aromatic rings. The van der Waals surface area contributed by atoms with Crippen LogP contribution >= 0.6 is 0 Å². The van der Waals surface area contributed by atoms with Crippen molar-refractivity contribution in [2.24, 2.45) is 0 Å². The summed E-state index contributed by atoms with van der Waals surface area (Å²) in [7, 11) is 0. The van der Waals surface area contributed by atoms with Crippen molar-refractivity contribution in [2.45, 2.75) is 20.8 Å². The first kappa shape index (κ1) is 49.7. The SMILES string of the molecule is Cc1cc2c3c(c1)N(c1c(-c4ccccc4)cccc1-c1ccccc1)c1c(ccc(-n4c5ccccc5c5ccccc54)c1C)B3c1ccc(-n3c4ccccc4c4ccccc43)c(C)c1N2c1c(-c2ccccc2)cccc1-c1ccccc1. The van der Waals surface area contributed by atoms with Crippen LogP contribution in [0.5, 0.6) is 0 Å². The van der Waals surface area contributed by atoms with Gasteiger partial charge in [0.2, 0.25) is 0 Å². The molecule has 0 radical (unpaired) electrons. The molecule has 4 heterocycles. The van der Waals surface area contributed by atoms with Crippen molar-refractivity contribution in [1.82, 2.24) is 9.13 Å². The molecular weight excluding hydrogens is 1040 g/mol. The first-order valence-corrected chi connectivity index (χ1v) is 30.0. The van der Waals surface area contributed by atoms with E-state index >= 15 is 0 Å². The van der Waals surface area contributed by atoms with Crippen molar-refractivity contribution < 1.29 is 0 Å². The van der Waals surface area contributed by atoms with Gasteiger partial charge < -0.3 is 18.9 Å². The minimum Gasteiger partial charge on any atom is -0.310 e. The first-order valence-electron chi connectivity index (χ1n) is 30.0. The zero-order valence-corrected chi connectivity index (χ0v) is 48.1. The quantitative estimate of drug-likeness (QED) is 0.141. The summed E-state index contributed by atoms with van der Waals surface area (Å²) in [5.74, 6) is 0. The molecule has 4 nitrogen and oxygen atoms in total. The minimum atomic E-state index is -0.178. The van der Waals surface area contributed by atoms with Gasteiger partial charge in [-0.25, -0.2) is 0 Å². The van der Waals surface area contributed by atoms with E-state index in [0.29, 0.717) is 0 Å². The van der Waals surface area contributed by atoms with E-state index in [1.165, 1.54) is 99.4 Å². The molecule has 0 bridgehead atoms. The second-order valence-electron chi connectivity index (χ2n) is 23.2. The third kappa shape index (κ3) is 7.37. The predicted molar refractivity (Wildman–Crippen MR) is 365 cm³/mol. The lowest BCUT2D eigenvalue weighted by molar-refractivity contribution is 1.13. The maximum Gasteiger partial charge on any atom is 0.252 e. The minimum absolute atomic E-state index is 0.178. The van der Waals surface area contributed by atoms with Crippen LogP contribution in [0.2, 0.25) is 0 Å². The predicted octanol–water partition coefficient (Wildman–Crippen LogP) is 19.6. The highest BCUT2D eigenvalue weighted by Gasteiger charge is 2.47. The molecule has 2 aliphatic heterocycles. The largest absolute Gasteiger partial charge is 0.310 e. The van der Waals surface area contributed by atoms with Gasteiger partial charge in [-0.1, -0.05) is 243 Å². The Hall–Kier alpha value is -10.9. The van der Waals surface area contributed by atoms with Gasteiger partial charge in [0, 0.05) is 66.5 Å². The summed E-state index contributed by atoms with van der Waals surface area (Å²) >= 11 is 0. The fourth-order valence-corrected chi connectivity index (χ4v) is 14.9. The Balaban J connectivity index is 1.05. The van der Waals surface area contributed by atoms with Crippen molar-refractivity contribution in [1.29, 1.82) is 0 Å². The van der Waals surface area contributed by atoms with Crippen LogP contribution in [-0.4, -0.2) is 15.8 Å². The molecule has 0 unspecified atom stereocenters. The summed E-state index contributed by atoms with van der Waals surface area (Å²) in [5, 5.41) is 4.96. The third-order valence-corrected chi connectivity index (χ3v) is 18.5. The molecule has 5 heteroatoms. The van der Waals surface area contributed by atoms with Gasteiger partial charge in [-0.05, 0) is 125 Å². The smallest absolute Gasteiger partial charge is 0.252 e. The maximum atomic E-state index is 2.69. The molecule has 0 amide bonds. The van der Waals surface area contributed by atoms with Gasteiger partial charge in [-0.15, -0.1) is 0 Å². The fourth-order valence-electron chi connectivity index (χ4n) is 14.9. The van der Waals surface area contributed by atoms with E-state index in [-0.39, 0.29) is 6.71 Å². The van der Waals surface area contributed by atoms with E-state index in [1.807, 2.05) is 0 Å². The Morgan fingerprint density at radius 3 is 0.860 bits per heavy atom. The molecule has 17 rings (SSSR count). The Bertz CT molecular complexity index is 4670. The van der Waals surface area contributed by atoms with Crippen molar-refractivity contribution in [3.8, 4) is 55.9 Å². The Labute approximate surface area is 501 Å². The zero-order valence-electron chi connectivity index (χ0n) is 48.1. The molecule has 0 fully saturated rings. The average Bonchev–Trinajstić information content (AvgIpc) is 0.802. The average molecular weight is 1100 g/mol. The van der Waals surface area contributed by atoms with Crippen molar-refractivity contribution in [2.75, 3.05) is 9.80 Å². The van der Waals surface area contributed by atoms with Crippen LogP contribution in [0, 0.1) is 20.8 Å².